The number of piperidine rings is 1. The van der Waals surface area contributed by atoms with Crippen LogP contribution in [0.25, 0.3) is 0 Å². The Morgan fingerprint density at radius 3 is 2.86 bits per heavy atom. The molecule has 0 unspecified atom stereocenters. The van der Waals surface area contributed by atoms with Gasteiger partial charge in [0.25, 0.3) is 0 Å². The predicted molar refractivity (Wildman–Crippen MR) is 92.9 cm³/mol. The minimum absolute atomic E-state index is 0.109. The first-order valence-corrected chi connectivity index (χ1v) is 8.65. The largest absolute Gasteiger partial charge is 0.357 e. The summed E-state index contributed by atoms with van der Waals surface area (Å²) in [5, 5.41) is 3.27. The van der Waals surface area contributed by atoms with Gasteiger partial charge in [0.1, 0.15) is 10.1 Å². The molecular formula is C14H18ClN3OS2. The predicted octanol–water partition coefficient (Wildman–Crippen LogP) is 3.42. The van der Waals surface area contributed by atoms with Gasteiger partial charge >= 0.3 is 0 Å². The summed E-state index contributed by atoms with van der Waals surface area (Å²) >= 11 is 12.5. The van der Waals surface area contributed by atoms with E-state index < -0.39 is 0 Å². The van der Waals surface area contributed by atoms with E-state index in [-0.39, 0.29) is 5.91 Å². The Morgan fingerprint density at radius 1 is 1.52 bits per heavy atom. The van der Waals surface area contributed by atoms with Crippen molar-refractivity contribution in [1.29, 1.82) is 0 Å². The maximum atomic E-state index is 11.9. The lowest BCUT2D eigenvalue weighted by Gasteiger charge is -2.31. The lowest BCUT2D eigenvalue weighted by atomic mass is 10.00. The van der Waals surface area contributed by atoms with Gasteiger partial charge in [0.15, 0.2) is 0 Å². The van der Waals surface area contributed by atoms with Crippen LogP contribution in [-0.2, 0) is 4.79 Å². The molecule has 0 aliphatic carbocycles. The molecule has 0 saturated carbocycles. The van der Waals surface area contributed by atoms with Crippen LogP contribution in [0.15, 0.2) is 18.3 Å². The van der Waals surface area contributed by atoms with E-state index in [9.17, 15) is 4.79 Å². The van der Waals surface area contributed by atoms with Crippen molar-refractivity contribution in [3.05, 3.63) is 23.4 Å². The Morgan fingerprint density at radius 2 is 2.24 bits per heavy atom. The molecule has 21 heavy (non-hydrogen) atoms. The van der Waals surface area contributed by atoms with E-state index in [0.717, 1.165) is 23.3 Å². The highest BCUT2D eigenvalue weighted by Gasteiger charge is 2.18. The second-order valence-electron chi connectivity index (χ2n) is 5.13. The fourth-order valence-electron chi connectivity index (χ4n) is 2.04. The molecule has 0 radical (unpaired) electrons. The summed E-state index contributed by atoms with van der Waals surface area (Å²) in [6, 6.07) is 3.37. The molecule has 1 fully saturated rings. The van der Waals surface area contributed by atoms with E-state index in [1.165, 1.54) is 30.8 Å². The summed E-state index contributed by atoms with van der Waals surface area (Å²) in [6.07, 6.45) is 3.84. The van der Waals surface area contributed by atoms with Crippen molar-refractivity contribution in [2.75, 3.05) is 24.2 Å². The lowest BCUT2D eigenvalue weighted by Crippen LogP contribution is -2.36. The highest BCUT2D eigenvalue weighted by atomic mass is 35.5. The van der Waals surface area contributed by atoms with Crippen molar-refractivity contribution < 1.29 is 4.79 Å². The zero-order valence-electron chi connectivity index (χ0n) is 11.8. The third kappa shape index (κ3) is 5.45. The highest BCUT2D eigenvalue weighted by Crippen LogP contribution is 2.20. The van der Waals surface area contributed by atoms with Gasteiger partial charge < -0.3 is 10.2 Å². The number of thioether (sulfide) groups is 1. The highest BCUT2D eigenvalue weighted by molar-refractivity contribution is 8.23. The number of halogens is 1. The Kier molecular flexibility index (Phi) is 6.26. The minimum atomic E-state index is -0.109. The number of nitrogens with zero attached hydrogens (tertiary/aromatic N) is 2. The fraction of sp³-hybridized carbons (Fsp3) is 0.500. The lowest BCUT2D eigenvalue weighted by molar-refractivity contribution is -0.113. The molecule has 114 valence electrons. The summed E-state index contributed by atoms with van der Waals surface area (Å²) in [5.41, 5.74) is 0. The van der Waals surface area contributed by atoms with Gasteiger partial charge in [-0.15, -0.1) is 0 Å². The van der Waals surface area contributed by atoms with Crippen LogP contribution in [0.1, 0.15) is 19.8 Å². The number of amides is 1. The molecule has 2 rings (SSSR count). The van der Waals surface area contributed by atoms with Crippen molar-refractivity contribution in [1.82, 2.24) is 9.88 Å². The van der Waals surface area contributed by atoms with E-state index in [0.29, 0.717) is 16.6 Å². The van der Waals surface area contributed by atoms with Crippen LogP contribution in [0.3, 0.4) is 0 Å². The Labute approximate surface area is 139 Å². The van der Waals surface area contributed by atoms with Crippen molar-refractivity contribution >= 4 is 51.6 Å². The first kappa shape index (κ1) is 16.5. The number of hydrogen-bond donors (Lipinski definition) is 1. The fourth-order valence-corrected chi connectivity index (χ4v) is 3.20. The number of nitrogens with one attached hydrogen (secondary N) is 1. The van der Waals surface area contributed by atoms with Gasteiger partial charge in [-0.05, 0) is 30.9 Å². The molecule has 0 spiro atoms. The summed E-state index contributed by atoms with van der Waals surface area (Å²) in [7, 11) is 0. The number of anilines is 1. The maximum Gasteiger partial charge on any atom is 0.235 e. The molecule has 1 aromatic heterocycles. The van der Waals surface area contributed by atoms with Gasteiger partial charge in [0.05, 0.1) is 10.8 Å². The standard InChI is InChI=1S/C14H18ClN3OS2/c1-10-4-6-18(7-5-10)14(20)21-9-13(19)17-12-3-2-11(15)8-16-12/h2-3,8,10H,4-7,9H2,1H3,(H,16,17,19). The van der Waals surface area contributed by atoms with Crippen LogP contribution >= 0.6 is 35.6 Å². The van der Waals surface area contributed by atoms with Gasteiger partial charge in [-0.1, -0.05) is 42.5 Å². The van der Waals surface area contributed by atoms with E-state index in [4.69, 9.17) is 23.8 Å². The minimum Gasteiger partial charge on any atom is -0.357 e. The first-order chi connectivity index (χ1) is 10.0. The van der Waals surface area contributed by atoms with Crippen molar-refractivity contribution in [2.45, 2.75) is 19.8 Å². The molecule has 1 aliphatic rings. The van der Waals surface area contributed by atoms with E-state index in [1.54, 1.807) is 12.1 Å². The average molecular weight is 344 g/mol. The molecule has 1 N–H and O–H groups in total. The SMILES string of the molecule is CC1CCN(C(=S)SCC(=O)Nc2ccc(Cl)cn2)CC1. The molecule has 0 bridgehead atoms. The van der Waals surface area contributed by atoms with Crippen LogP contribution < -0.4 is 5.32 Å². The third-order valence-corrected chi connectivity index (χ3v) is 5.11. The molecule has 1 aliphatic heterocycles. The van der Waals surface area contributed by atoms with Crippen LogP contribution in [0.2, 0.25) is 5.02 Å². The van der Waals surface area contributed by atoms with E-state index >= 15 is 0 Å². The number of likely N-dealkylation sites (tertiary alicyclic amines) is 1. The summed E-state index contributed by atoms with van der Waals surface area (Å²) in [4.78, 5) is 18.1. The molecule has 0 atom stereocenters. The smallest absolute Gasteiger partial charge is 0.235 e. The Bertz CT molecular complexity index is 501. The van der Waals surface area contributed by atoms with Gasteiger partial charge in [0.2, 0.25) is 5.91 Å². The molecular weight excluding hydrogens is 326 g/mol. The van der Waals surface area contributed by atoms with Gasteiger partial charge in [-0.2, -0.15) is 0 Å². The second-order valence-corrected chi connectivity index (χ2v) is 7.18. The molecule has 0 aromatic carbocycles. The Balaban J connectivity index is 1.73. The number of thiocarbonyl (C=S) groups is 1. The zero-order valence-corrected chi connectivity index (χ0v) is 14.2. The average Bonchev–Trinajstić information content (AvgIpc) is 2.48. The van der Waals surface area contributed by atoms with Crippen molar-refractivity contribution in [3.63, 3.8) is 0 Å². The van der Waals surface area contributed by atoms with Crippen molar-refractivity contribution in [3.8, 4) is 0 Å². The van der Waals surface area contributed by atoms with Crippen molar-refractivity contribution in [2.24, 2.45) is 5.92 Å². The third-order valence-electron chi connectivity index (χ3n) is 3.36. The monoisotopic (exact) mass is 343 g/mol. The molecule has 1 amide bonds. The molecule has 4 nitrogen and oxygen atoms in total. The van der Waals surface area contributed by atoms with Crippen LogP contribution in [0, 0.1) is 5.92 Å². The number of carbonyl (C=O) groups is 1. The van der Waals surface area contributed by atoms with E-state index in [2.05, 4.69) is 22.1 Å². The molecule has 2 heterocycles. The Hall–Kier alpha value is -0.850. The number of aromatic nitrogens is 1. The van der Waals surface area contributed by atoms with Gasteiger partial charge in [0, 0.05) is 19.3 Å². The van der Waals surface area contributed by atoms with Gasteiger partial charge in [-0.25, -0.2) is 4.98 Å². The number of hydrogen-bond acceptors (Lipinski definition) is 4. The molecule has 1 saturated heterocycles. The summed E-state index contributed by atoms with van der Waals surface area (Å²) in [5.74, 6) is 1.47. The van der Waals surface area contributed by atoms with Gasteiger partial charge in [-0.3, -0.25) is 4.79 Å². The zero-order chi connectivity index (χ0) is 15.2. The maximum absolute atomic E-state index is 11.9. The van der Waals surface area contributed by atoms with E-state index in [1.807, 2.05) is 0 Å². The van der Waals surface area contributed by atoms with Crippen LogP contribution in [-0.4, -0.2) is 39.0 Å². The summed E-state index contributed by atoms with van der Waals surface area (Å²) < 4.78 is 0.807. The first-order valence-electron chi connectivity index (χ1n) is 6.87. The molecule has 1 aromatic rings. The number of rotatable bonds is 3. The van der Waals surface area contributed by atoms with Crippen LogP contribution in [0.4, 0.5) is 5.82 Å². The second kappa shape index (κ2) is 7.96. The quantitative estimate of drug-likeness (QED) is 0.852. The summed E-state index contributed by atoms with van der Waals surface area (Å²) in [6.45, 7) is 4.25. The molecule has 7 heteroatoms. The number of carbonyl (C=O) groups excluding carboxylic acids is 1. The van der Waals surface area contributed by atoms with Crippen LogP contribution in [0.5, 0.6) is 0 Å². The number of pyridine rings is 1. The normalized spacial score (nSPS) is 15.8. The topological polar surface area (TPSA) is 45.2 Å².